The van der Waals surface area contributed by atoms with Crippen LogP contribution in [0.2, 0.25) is 5.82 Å². The largest absolute Gasteiger partial charge is 0.461 e. The fraction of sp³-hybridized carbons (Fsp3) is 0.944. The number of Topliss-reactive ketones (excluding diaryl/α,β-unsaturated/α-hetero) is 1. The Morgan fingerprint density at radius 3 is 2.57 bits per heavy atom. The van der Waals surface area contributed by atoms with E-state index in [1.54, 1.807) is 0 Å². The third kappa shape index (κ3) is 2.79. The Kier molecular flexibility index (Phi) is 4.44. The first-order valence-corrected chi connectivity index (χ1v) is 9.23. The second kappa shape index (κ2) is 5.85. The zero-order chi connectivity index (χ0) is 17.0. The van der Waals surface area contributed by atoms with Crippen molar-refractivity contribution in [3.8, 4) is 0 Å². The van der Waals surface area contributed by atoms with Crippen molar-refractivity contribution >= 4 is 12.9 Å². The molecule has 1 aliphatic heterocycles. The Morgan fingerprint density at radius 2 is 2.00 bits per heavy atom. The average molecular weight is 321 g/mol. The van der Waals surface area contributed by atoms with Crippen LogP contribution in [0.3, 0.4) is 0 Å². The van der Waals surface area contributed by atoms with E-state index in [2.05, 4.69) is 34.6 Å². The van der Waals surface area contributed by atoms with E-state index >= 15 is 0 Å². The van der Waals surface area contributed by atoms with E-state index in [0.29, 0.717) is 23.7 Å². The summed E-state index contributed by atoms with van der Waals surface area (Å²) in [5.41, 5.74) is 5.69. The van der Waals surface area contributed by atoms with Gasteiger partial charge in [0, 0.05) is 12.2 Å². The first-order chi connectivity index (χ1) is 10.7. The third-order valence-corrected chi connectivity index (χ3v) is 6.85. The predicted octanol–water partition coefficient (Wildman–Crippen LogP) is 3.05. The third-order valence-electron chi connectivity index (χ3n) is 6.85. The number of ketones is 1. The van der Waals surface area contributed by atoms with Gasteiger partial charge in [-0.25, -0.2) is 0 Å². The van der Waals surface area contributed by atoms with E-state index in [0.717, 1.165) is 18.8 Å². The van der Waals surface area contributed by atoms with E-state index in [-0.39, 0.29) is 37.0 Å². The van der Waals surface area contributed by atoms with Crippen molar-refractivity contribution in [1.82, 2.24) is 0 Å². The maximum atomic E-state index is 11.9. The first-order valence-electron chi connectivity index (χ1n) is 9.23. The van der Waals surface area contributed by atoms with Crippen LogP contribution in [0.4, 0.5) is 0 Å². The van der Waals surface area contributed by atoms with Gasteiger partial charge >= 0.3 is 7.12 Å². The molecule has 0 radical (unpaired) electrons. The SMILES string of the molecule is CC(C)C[C@H](CC(=O)CN)B1O[C@@H]2CC3C[C@H](C3(C)C)[C@]2(C)O1. The highest BCUT2D eigenvalue weighted by Crippen LogP contribution is 2.66. The van der Waals surface area contributed by atoms with Crippen molar-refractivity contribution < 1.29 is 14.1 Å². The standard InChI is InChI=1S/C18H32BNO3/c1-11(2)6-13(9-14(21)10-20)19-22-16-8-12-7-15(17(12,3)4)18(16,5)23-19/h11-13,15-16H,6-10,20H2,1-5H3/t12?,13-,15-,16-,18+/m1/s1. The molecule has 1 heterocycles. The minimum absolute atomic E-state index is 0.104. The van der Waals surface area contributed by atoms with Crippen LogP contribution in [0.15, 0.2) is 0 Å². The van der Waals surface area contributed by atoms with Crippen LogP contribution < -0.4 is 5.73 Å². The molecule has 1 saturated heterocycles. The Hall–Kier alpha value is -0.385. The molecule has 1 unspecified atom stereocenters. The smallest absolute Gasteiger partial charge is 0.405 e. The quantitative estimate of drug-likeness (QED) is 0.764. The number of nitrogens with two attached hydrogens (primary N) is 1. The maximum absolute atomic E-state index is 11.9. The molecule has 0 amide bonds. The molecule has 4 nitrogen and oxygen atoms in total. The van der Waals surface area contributed by atoms with E-state index in [4.69, 9.17) is 15.0 Å². The minimum Gasteiger partial charge on any atom is -0.405 e. The number of rotatable bonds is 6. The summed E-state index contributed by atoms with van der Waals surface area (Å²) in [6.45, 7) is 11.4. The lowest BCUT2D eigenvalue weighted by atomic mass is 9.43. The van der Waals surface area contributed by atoms with Gasteiger partial charge in [0.25, 0.3) is 0 Å². The summed E-state index contributed by atoms with van der Waals surface area (Å²) in [5, 5.41) is 0. The van der Waals surface area contributed by atoms with Crippen molar-refractivity contribution in [2.45, 2.75) is 77.8 Å². The molecule has 0 aromatic rings. The van der Waals surface area contributed by atoms with Gasteiger partial charge in [-0.05, 0) is 49.4 Å². The summed E-state index contributed by atoms with van der Waals surface area (Å²) in [6.07, 6.45) is 3.95. The summed E-state index contributed by atoms with van der Waals surface area (Å²) in [4.78, 5) is 11.9. The van der Waals surface area contributed by atoms with Gasteiger partial charge in [-0.15, -0.1) is 0 Å². The molecule has 5 heteroatoms. The zero-order valence-corrected chi connectivity index (χ0v) is 15.3. The van der Waals surface area contributed by atoms with Crippen molar-refractivity contribution in [1.29, 1.82) is 0 Å². The van der Waals surface area contributed by atoms with Gasteiger partial charge in [0.1, 0.15) is 5.78 Å². The molecule has 23 heavy (non-hydrogen) atoms. The van der Waals surface area contributed by atoms with Crippen molar-refractivity contribution in [3.05, 3.63) is 0 Å². The van der Waals surface area contributed by atoms with Gasteiger partial charge in [0.05, 0.1) is 18.2 Å². The predicted molar refractivity (Wildman–Crippen MR) is 92.0 cm³/mol. The molecule has 4 aliphatic rings. The number of hydrogen-bond acceptors (Lipinski definition) is 4. The molecule has 130 valence electrons. The van der Waals surface area contributed by atoms with Gasteiger partial charge in [-0.1, -0.05) is 27.7 Å². The monoisotopic (exact) mass is 321 g/mol. The summed E-state index contributed by atoms with van der Waals surface area (Å²) in [6, 6.07) is 0. The molecule has 5 atom stereocenters. The highest BCUT2D eigenvalue weighted by Gasteiger charge is 2.68. The van der Waals surface area contributed by atoms with Crippen LogP contribution in [-0.2, 0) is 14.1 Å². The molecule has 3 saturated carbocycles. The minimum atomic E-state index is -0.252. The lowest BCUT2D eigenvalue weighted by molar-refractivity contribution is -0.199. The van der Waals surface area contributed by atoms with Crippen molar-refractivity contribution in [2.75, 3.05) is 6.54 Å². The van der Waals surface area contributed by atoms with E-state index in [9.17, 15) is 4.79 Å². The molecule has 3 aliphatic carbocycles. The summed E-state index contributed by atoms with van der Waals surface area (Å²) < 4.78 is 12.9. The summed E-state index contributed by atoms with van der Waals surface area (Å²) in [7, 11) is -0.252. The van der Waals surface area contributed by atoms with Crippen LogP contribution in [0, 0.1) is 23.2 Å². The molecule has 2 bridgehead atoms. The van der Waals surface area contributed by atoms with Gasteiger partial charge < -0.3 is 15.0 Å². The fourth-order valence-corrected chi connectivity index (χ4v) is 5.37. The van der Waals surface area contributed by atoms with Gasteiger partial charge in [0.15, 0.2) is 0 Å². The second-order valence-corrected chi connectivity index (χ2v) is 9.17. The average Bonchev–Trinajstić information content (AvgIpc) is 2.82. The van der Waals surface area contributed by atoms with Crippen molar-refractivity contribution in [2.24, 2.45) is 28.9 Å². The topological polar surface area (TPSA) is 61.6 Å². The van der Waals surface area contributed by atoms with Gasteiger partial charge in [-0.3, -0.25) is 4.79 Å². The van der Waals surface area contributed by atoms with Crippen LogP contribution >= 0.6 is 0 Å². The molecule has 4 rings (SSSR count). The van der Waals surface area contributed by atoms with Crippen LogP contribution in [0.25, 0.3) is 0 Å². The molecular weight excluding hydrogens is 289 g/mol. The first kappa shape index (κ1) is 17.4. The van der Waals surface area contributed by atoms with Crippen molar-refractivity contribution in [3.63, 3.8) is 0 Å². The lowest BCUT2D eigenvalue weighted by Gasteiger charge is -2.64. The molecular formula is C18H32BNO3. The Balaban J connectivity index is 1.75. The number of hydrogen-bond donors (Lipinski definition) is 1. The maximum Gasteiger partial charge on any atom is 0.461 e. The number of carbonyl (C=O) groups is 1. The van der Waals surface area contributed by atoms with Crippen LogP contribution in [-0.4, -0.2) is 31.2 Å². The molecule has 2 N–H and O–H groups in total. The summed E-state index contributed by atoms with van der Waals surface area (Å²) >= 11 is 0. The highest BCUT2D eigenvalue weighted by atomic mass is 16.7. The Morgan fingerprint density at radius 1 is 1.30 bits per heavy atom. The second-order valence-electron chi connectivity index (χ2n) is 9.17. The lowest BCUT2D eigenvalue weighted by Crippen LogP contribution is -2.65. The highest BCUT2D eigenvalue weighted by molar-refractivity contribution is 6.47. The molecule has 0 aromatic heterocycles. The van der Waals surface area contributed by atoms with Crippen LogP contribution in [0.1, 0.15) is 60.3 Å². The zero-order valence-electron chi connectivity index (χ0n) is 15.3. The summed E-state index contributed by atoms with van der Waals surface area (Å²) in [5.74, 6) is 2.05. The van der Waals surface area contributed by atoms with Gasteiger partial charge in [0.2, 0.25) is 0 Å². The van der Waals surface area contributed by atoms with E-state index < -0.39 is 0 Å². The Bertz CT molecular complexity index is 481. The van der Waals surface area contributed by atoms with E-state index in [1.807, 2.05) is 0 Å². The van der Waals surface area contributed by atoms with Crippen LogP contribution in [0.5, 0.6) is 0 Å². The fourth-order valence-electron chi connectivity index (χ4n) is 5.37. The van der Waals surface area contributed by atoms with E-state index in [1.165, 1.54) is 6.42 Å². The number of carbonyl (C=O) groups excluding carboxylic acids is 1. The van der Waals surface area contributed by atoms with Gasteiger partial charge in [-0.2, -0.15) is 0 Å². The molecule has 0 spiro atoms. The molecule has 0 aromatic carbocycles. The normalized spacial score (nSPS) is 39.1. The Labute approximate surface area is 141 Å². The molecule has 4 fully saturated rings.